The molecule has 90 valence electrons. The summed E-state index contributed by atoms with van der Waals surface area (Å²) in [7, 11) is 1.66. The summed E-state index contributed by atoms with van der Waals surface area (Å²) in [5.74, 6) is 0. The van der Waals surface area contributed by atoms with Gasteiger partial charge in [0.2, 0.25) is 0 Å². The minimum atomic E-state index is -0.115. The van der Waals surface area contributed by atoms with Crippen molar-refractivity contribution in [2.75, 3.05) is 0 Å². The Morgan fingerprint density at radius 2 is 1.89 bits per heavy atom. The number of hydrogen-bond acceptors (Lipinski definition) is 2. The normalized spacial score (nSPS) is 10.9. The number of aromatic amines is 2. The molecular formula is C13H11N3OS. The fraction of sp³-hybridized carbons (Fsp3) is 0.0769. The van der Waals surface area contributed by atoms with E-state index in [2.05, 4.69) is 9.97 Å². The molecule has 0 unspecified atom stereocenters. The zero-order valence-corrected chi connectivity index (χ0v) is 10.5. The van der Waals surface area contributed by atoms with Crippen LogP contribution in [-0.2, 0) is 7.05 Å². The van der Waals surface area contributed by atoms with Crippen LogP contribution in [-0.4, -0.2) is 14.5 Å². The highest BCUT2D eigenvalue weighted by Gasteiger charge is 2.10. The van der Waals surface area contributed by atoms with E-state index in [4.69, 9.17) is 12.2 Å². The lowest BCUT2D eigenvalue weighted by atomic mass is 10.1. The van der Waals surface area contributed by atoms with E-state index in [9.17, 15) is 4.79 Å². The SMILES string of the molecule is Cn1c(=S)[nH]c2c(-c3ccccc3)c[nH]c2c1=O. The van der Waals surface area contributed by atoms with Crippen molar-refractivity contribution in [1.29, 1.82) is 0 Å². The number of rotatable bonds is 1. The third-order valence-corrected chi connectivity index (χ3v) is 3.40. The van der Waals surface area contributed by atoms with Crippen LogP contribution in [0.1, 0.15) is 0 Å². The van der Waals surface area contributed by atoms with Crippen LogP contribution in [0.25, 0.3) is 22.2 Å². The Bertz CT molecular complexity index is 827. The number of fused-ring (bicyclic) bond motifs is 1. The molecule has 2 N–H and O–H groups in total. The fourth-order valence-corrected chi connectivity index (χ4v) is 2.20. The molecule has 0 amide bonds. The lowest BCUT2D eigenvalue weighted by Gasteiger charge is -2.01. The smallest absolute Gasteiger partial charge is 0.278 e. The molecule has 3 aromatic rings. The lowest BCUT2D eigenvalue weighted by molar-refractivity contribution is 0.822. The molecule has 0 bridgehead atoms. The summed E-state index contributed by atoms with van der Waals surface area (Å²) >= 11 is 5.14. The molecule has 0 atom stereocenters. The van der Waals surface area contributed by atoms with Crippen LogP contribution in [0, 0.1) is 4.77 Å². The maximum Gasteiger partial charge on any atom is 0.278 e. The van der Waals surface area contributed by atoms with Crippen molar-refractivity contribution < 1.29 is 0 Å². The Morgan fingerprint density at radius 1 is 1.17 bits per heavy atom. The molecule has 0 saturated heterocycles. The Kier molecular flexibility index (Phi) is 2.41. The van der Waals surface area contributed by atoms with Gasteiger partial charge in [0.05, 0.1) is 5.52 Å². The number of nitrogens with one attached hydrogen (secondary N) is 2. The molecule has 18 heavy (non-hydrogen) atoms. The van der Waals surface area contributed by atoms with Crippen molar-refractivity contribution >= 4 is 23.3 Å². The molecular weight excluding hydrogens is 246 g/mol. The lowest BCUT2D eigenvalue weighted by Crippen LogP contribution is -2.18. The number of hydrogen-bond donors (Lipinski definition) is 2. The van der Waals surface area contributed by atoms with Crippen molar-refractivity contribution in [2.45, 2.75) is 0 Å². The maximum absolute atomic E-state index is 12.0. The van der Waals surface area contributed by atoms with E-state index in [1.54, 1.807) is 7.05 Å². The summed E-state index contributed by atoms with van der Waals surface area (Å²) in [6, 6.07) is 9.88. The maximum atomic E-state index is 12.0. The minimum absolute atomic E-state index is 0.115. The highest BCUT2D eigenvalue weighted by molar-refractivity contribution is 7.71. The van der Waals surface area contributed by atoms with Gasteiger partial charge in [0.1, 0.15) is 5.52 Å². The van der Waals surface area contributed by atoms with E-state index in [0.29, 0.717) is 10.3 Å². The van der Waals surface area contributed by atoms with E-state index in [0.717, 1.165) is 16.6 Å². The summed E-state index contributed by atoms with van der Waals surface area (Å²) in [4.78, 5) is 18.1. The fourth-order valence-electron chi connectivity index (χ4n) is 2.02. The van der Waals surface area contributed by atoms with Gasteiger partial charge in [0.15, 0.2) is 4.77 Å². The molecule has 1 aromatic carbocycles. The van der Waals surface area contributed by atoms with E-state index >= 15 is 0 Å². The second kappa shape index (κ2) is 3.96. The third-order valence-electron chi connectivity index (χ3n) is 3.02. The molecule has 5 heteroatoms. The predicted octanol–water partition coefficient (Wildman–Crippen LogP) is 2.59. The van der Waals surface area contributed by atoms with Crippen LogP contribution in [0.3, 0.4) is 0 Å². The van der Waals surface area contributed by atoms with Crippen molar-refractivity contribution in [3.8, 4) is 11.1 Å². The molecule has 0 fully saturated rings. The summed E-state index contributed by atoms with van der Waals surface area (Å²) < 4.78 is 1.84. The van der Waals surface area contributed by atoms with Gasteiger partial charge in [-0.1, -0.05) is 30.3 Å². The van der Waals surface area contributed by atoms with Gasteiger partial charge in [-0.2, -0.15) is 0 Å². The number of benzene rings is 1. The summed E-state index contributed by atoms with van der Waals surface area (Å²) in [6.45, 7) is 0. The molecule has 2 aromatic heterocycles. The first-order chi connectivity index (χ1) is 8.68. The molecule has 4 nitrogen and oxygen atoms in total. The average Bonchev–Trinajstić information content (AvgIpc) is 2.81. The molecule has 3 rings (SSSR count). The van der Waals surface area contributed by atoms with Gasteiger partial charge in [0.25, 0.3) is 5.56 Å². The second-order valence-electron chi connectivity index (χ2n) is 4.11. The van der Waals surface area contributed by atoms with Crippen LogP contribution in [0.2, 0.25) is 0 Å². The largest absolute Gasteiger partial charge is 0.355 e. The van der Waals surface area contributed by atoms with Gasteiger partial charge >= 0.3 is 0 Å². The molecule has 0 spiro atoms. The van der Waals surface area contributed by atoms with Crippen LogP contribution in [0.15, 0.2) is 41.3 Å². The van der Waals surface area contributed by atoms with Crippen molar-refractivity contribution in [2.24, 2.45) is 7.05 Å². The standard InChI is InChI=1S/C13H11N3OS/c1-16-12(17)11-10(15-13(16)18)9(7-14-11)8-5-3-2-4-6-8/h2-7,14H,1H3,(H,15,18). The van der Waals surface area contributed by atoms with Gasteiger partial charge in [-0.3, -0.25) is 9.36 Å². The number of aromatic nitrogens is 3. The summed E-state index contributed by atoms with van der Waals surface area (Å²) in [6.07, 6.45) is 1.83. The van der Waals surface area contributed by atoms with Crippen molar-refractivity contribution in [1.82, 2.24) is 14.5 Å². The molecule has 0 aliphatic carbocycles. The minimum Gasteiger partial charge on any atom is -0.355 e. The topological polar surface area (TPSA) is 53.6 Å². The molecule has 0 radical (unpaired) electrons. The number of nitrogens with zero attached hydrogens (tertiary/aromatic N) is 1. The van der Waals surface area contributed by atoms with Gasteiger partial charge in [-0.15, -0.1) is 0 Å². The molecule has 0 saturated carbocycles. The van der Waals surface area contributed by atoms with E-state index < -0.39 is 0 Å². The van der Waals surface area contributed by atoms with Crippen LogP contribution in [0.4, 0.5) is 0 Å². The molecule has 0 aliphatic rings. The second-order valence-corrected chi connectivity index (χ2v) is 4.50. The van der Waals surface area contributed by atoms with Crippen molar-refractivity contribution in [3.63, 3.8) is 0 Å². The first-order valence-corrected chi connectivity index (χ1v) is 5.95. The van der Waals surface area contributed by atoms with Gasteiger partial charge in [0, 0.05) is 18.8 Å². The first kappa shape index (κ1) is 11.0. The van der Waals surface area contributed by atoms with Gasteiger partial charge < -0.3 is 9.97 Å². The monoisotopic (exact) mass is 257 g/mol. The zero-order chi connectivity index (χ0) is 12.7. The summed E-state index contributed by atoms with van der Waals surface area (Å²) in [5, 5.41) is 0. The summed E-state index contributed by atoms with van der Waals surface area (Å²) in [5.41, 5.74) is 3.19. The quantitative estimate of drug-likeness (QED) is 0.658. The van der Waals surface area contributed by atoms with E-state index in [1.807, 2.05) is 36.5 Å². The highest BCUT2D eigenvalue weighted by Crippen LogP contribution is 2.24. The van der Waals surface area contributed by atoms with Crippen molar-refractivity contribution in [3.05, 3.63) is 51.7 Å². The number of H-pyrrole nitrogens is 2. The Labute approximate surface area is 108 Å². The predicted molar refractivity (Wildman–Crippen MR) is 74.2 cm³/mol. The zero-order valence-electron chi connectivity index (χ0n) is 9.73. The van der Waals surface area contributed by atoms with E-state index in [1.165, 1.54) is 4.57 Å². The van der Waals surface area contributed by atoms with Crippen LogP contribution in [0.5, 0.6) is 0 Å². The Morgan fingerprint density at radius 3 is 2.61 bits per heavy atom. The Balaban J connectivity index is 2.41. The first-order valence-electron chi connectivity index (χ1n) is 5.54. The molecule has 0 aliphatic heterocycles. The van der Waals surface area contributed by atoms with E-state index in [-0.39, 0.29) is 5.56 Å². The molecule has 2 heterocycles. The van der Waals surface area contributed by atoms with Crippen LogP contribution < -0.4 is 5.56 Å². The highest BCUT2D eigenvalue weighted by atomic mass is 32.1. The average molecular weight is 257 g/mol. The van der Waals surface area contributed by atoms with Gasteiger partial charge in [-0.05, 0) is 17.8 Å². The Hall–Kier alpha value is -2.14. The van der Waals surface area contributed by atoms with Crippen LogP contribution >= 0.6 is 12.2 Å². The third kappa shape index (κ3) is 1.52. The van der Waals surface area contributed by atoms with Gasteiger partial charge in [-0.25, -0.2) is 0 Å².